The van der Waals surface area contributed by atoms with E-state index in [4.69, 9.17) is 0 Å². The highest BCUT2D eigenvalue weighted by atomic mass is 15.2. The molecular formula is C16H30N2. The second-order valence-electron chi connectivity index (χ2n) is 7.36. The monoisotopic (exact) mass is 250 g/mol. The Balaban J connectivity index is 1.47. The lowest BCUT2D eigenvalue weighted by Crippen LogP contribution is -2.49. The maximum Gasteiger partial charge on any atom is 0.0197 e. The topological polar surface area (TPSA) is 15.3 Å². The number of hydrogen-bond acceptors (Lipinski definition) is 2. The first-order chi connectivity index (χ1) is 8.70. The van der Waals surface area contributed by atoms with Gasteiger partial charge < -0.3 is 10.2 Å². The fourth-order valence-corrected chi connectivity index (χ4v) is 4.76. The number of hydrogen-bond donors (Lipinski definition) is 1. The van der Waals surface area contributed by atoms with Gasteiger partial charge in [-0.3, -0.25) is 0 Å². The van der Waals surface area contributed by atoms with Crippen molar-refractivity contribution in [3.8, 4) is 0 Å². The van der Waals surface area contributed by atoms with Gasteiger partial charge in [-0.05, 0) is 56.4 Å². The van der Waals surface area contributed by atoms with E-state index in [1.54, 1.807) is 19.3 Å². The zero-order valence-corrected chi connectivity index (χ0v) is 12.2. The Morgan fingerprint density at radius 3 is 2.72 bits per heavy atom. The standard InChI is InChI=1S/C16H30N2/c1-12(2)17-16-4-3-7-18(11-16)10-15-9-13-5-6-14(15)8-13/h12-17H,3-11H2,1-2H3. The Kier molecular flexibility index (Phi) is 3.95. The van der Waals surface area contributed by atoms with Gasteiger partial charge >= 0.3 is 0 Å². The van der Waals surface area contributed by atoms with Crippen LogP contribution in [-0.4, -0.2) is 36.6 Å². The lowest BCUT2D eigenvalue weighted by molar-refractivity contribution is 0.140. The third-order valence-corrected chi connectivity index (χ3v) is 5.45. The van der Waals surface area contributed by atoms with E-state index in [1.807, 2.05) is 0 Å². The molecule has 1 aliphatic heterocycles. The number of fused-ring (bicyclic) bond motifs is 2. The summed E-state index contributed by atoms with van der Waals surface area (Å²) in [5.74, 6) is 3.24. The minimum Gasteiger partial charge on any atom is -0.311 e. The summed E-state index contributed by atoms with van der Waals surface area (Å²) in [7, 11) is 0. The van der Waals surface area contributed by atoms with Crippen LogP contribution in [0.3, 0.4) is 0 Å². The average Bonchev–Trinajstić information content (AvgIpc) is 2.90. The minimum atomic E-state index is 0.637. The lowest BCUT2D eigenvalue weighted by Gasteiger charge is -2.37. The van der Waals surface area contributed by atoms with E-state index in [-0.39, 0.29) is 0 Å². The molecule has 4 unspecified atom stereocenters. The van der Waals surface area contributed by atoms with E-state index >= 15 is 0 Å². The van der Waals surface area contributed by atoms with Crippen LogP contribution in [0.2, 0.25) is 0 Å². The quantitative estimate of drug-likeness (QED) is 0.825. The molecule has 0 amide bonds. The molecule has 3 fully saturated rings. The number of piperidine rings is 1. The fraction of sp³-hybridized carbons (Fsp3) is 1.00. The van der Waals surface area contributed by atoms with Gasteiger partial charge in [-0.25, -0.2) is 0 Å². The Hall–Kier alpha value is -0.0800. The summed E-state index contributed by atoms with van der Waals surface area (Å²) >= 11 is 0. The highest BCUT2D eigenvalue weighted by Crippen LogP contribution is 2.48. The summed E-state index contributed by atoms with van der Waals surface area (Å²) in [4.78, 5) is 2.76. The summed E-state index contributed by atoms with van der Waals surface area (Å²) in [5, 5.41) is 3.73. The Bertz CT molecular complexity index is 276. The first kappa shape index (κ1) is 12.9. The summed E-state index contributed by atoms with van der Waals surface area (Å²) in [6.45, 7) is 8.59. The molecule has 2 heteroatoms. The van der Waals surface area contributed by atoms with Gasteiger partial charge in [0.15, 0.2) is 0 Å². The molecule has 2 bridgehead atoms. The predicted octanol–water partition coefficient (Wildman–Crippen LogP) is 2.89. The molecule has 3 rings (SSSR count). The third-order valence-electron chi connectivity index (χ3n) is 5.45. The van der Waals surface area contributed by atoms with Crippen LogP contribution in [0.5, 0.6) is 0 Å². The highest BCUT2D eigenvalue weighted by molar-refractivity contribution is 4.92. The van der Waals surface area contributed by atoms with Crippen molar-refractivity contribution >= 4 is 0 Å². The van der Waals surface area contributed by atoms with E-state index in [1.165, 1.54) is 38.9 Å². The SMILES string of the molecule is CC(C)NC1CCCN(CC2CC3CCC2C3)C1. The number of nitrogens with zero attached hydrogens (tertiary/aromatic N) is 1. The molecule has 0 spiro atoms. The molecule has 0 aromatic carbocycles. The zero-order valence-electron chi connectivity index (χ0n) is 12.2. The molecule has 4 atom stereocenters. The van der Waals surface area contributed by atoms with Gasteiger partial charge in [-0.1, -0.05) is 20.3 Å². The maximum atomic E-state index is 3.73. The molecular weight excluding hydrogens is 220 g/mol. The summed E-state index contributed by atoms with van der Waals surface area (Å²) in [5.41, 5.74) is 0. The molecule has 2 saturated carbocycles. The first-order valence-electron chi connectivity index (χ1n) is 8.19. The van der Waals surface area contributed by atoms with Crippen LogP contribution < -0.4 is 5.32 Å². The van der Waals surface area contributed by atoms with E-state index in [2.05, 4.69) is 24.1 Å². The van der Waals surface area contributed by atoms with Crippen molar-refractivity contribution in [2.45, 2.75) is 64.5 Å². The molecule has 1 N–H and O–H groups in total. The van der Waals surface area contributed by atoms with Crippen LogP contribution in [0.4, 0.5) is 0 Å². The van der Waals surface area contributed by atoms with Crippen LogP contribution in [0.1, 0.15) is 52.4 Å². The van der Waals surface area contributed by atoms with Crippen molar-refractivity contribution in [3.05, 3.63) is 0 Å². The Morgan fingerprint density at radius 2 is 2.06 bits per heavy atom. The summed E-state index contributed by atoms with van der Waals surface area (Å²) in [6.07, 6.45) is 8.96. The van der Waals surface area contributed by atoms with Gasteiger partial charge in [-0.2, -0.15) is 0 Å². The Morgan fingerprint density at radius 1 is 1.17 bits per heavy atom. The van der Waals surface area contributed by atoms with Crippen LogP contribution in [0, 0.1) is 17.8 Å². The van der Waals surface area contributed by atoms with Gasteiger partial charge in [0.1, 0.15) is 0 Å². The van der Waals surface area contributed by atoms with Crippen molar-refractivity contribution in [1.82, 2.24) is 10.2 Å². The molecule has 0 aromatic rings. The molecule has 0 radical (unpaired) electrons. The van der Waals surface area contributed by atoms with Crippen molar-refractivity contribution in [2.75, 3.05) is 19.6 Å². The van der Waals surface area contributed by atoms with Crippen molar-refractivity contribution in [3.63, 3.8) is 0 Å². The van der Waals surface area contributed by atoms with Crippen LogP contribution in [0.25, 0.3) is 0 Å². The number of rotatable bonds is 4. The summed E-state index contributed by atoms with van der Waals surface area (Å²) < 4.78 is 0. The Labute approximate surface area is 113 Å². The van der Waals surface area contributed by atoms with Gasteiger partial charge in [0.25, 0.3) is 0 Å². The van der Waals surface area contributed by atoms with Crippen molar-refractivity contribution < 1.29 is 0 Å². The smallest absolute Gasteiger partial charge is 0.0197 e. The van der Waals surface area contributed by atoms with Gasteiger partial charge in [0, 0.05) is 25.2 Å². The largest absolute Gasteiger partial charge is 0.311 e. The molecule has 18 heavy (non-hydrogen) atoms. The van der Waals surface area contributed by atoms with Crippen molar-refractivity contribution in [2.24, 2.45) is 17.8 Å². The van der Waals surface area contributed by atoms with Gasteiger partial charge in [0.05, 0.1) is 0 Å². The molecule has 1 saturated heterocycles. The normalized spacial score (nSPS) is 40.8. The highest BCUT2D eigenvalue weighted by Gasteiger charge is 2.40. The van der Waals surface area contributed by atoms with Crippen molar-refractivity contribution in [1.29, 1.82) is 0 Å². The zero-order chi connectivity index (χ0) is 12.5. The molecule has 2 aliphatic carbocycles. The third kappa shape index (κ3) is 2.91. The second kappa shape index (κ2) is 5.50. The first-order valence-corrected chi connectivity index (χ1v) is 8.19. The number of likely N-dealkylation sites (tertiary alicyclic amines) is 1. The van der Waals surface area contributed by atoms with Gasteiger partial charge in [0.2, 0.25) is 0 Å². The minimum absolute atomic E-state index is 0.637. The van der Waals surface area contributed by atoms with E-state index in [0.717, 1.165) is 23.8 Å². The molecule has 1 heterocycles. The predicted molar refractivity (Wildman–Crippen MR) is 76.7 cm³/mol. The lowest BCUT2D eigenvalue weighted by atomic mass is 9.88. The molecule has 2 nitrogen and oxygen atoms in total. The van der Waals surface area contributed by atoms with Gasteiger partial charge in [-0.15, -0.1) is 0 Å². The molecule has 3 aliphatic rings. The van der Waals surface area contributed by atoms with E-state index in [0.29, 0.717) is 6.04 Å². The number of nitrogens with one attached hydrogen (secondary N) is 1. The van der Waals surface area contributed by atoms with E-state index < -0.39 is 0 Å². The molecule has 104 valence electrons. The maximum absolute atomic E-state index is 3.73. The second-order valence-corrected chi connectivity index (χ2v) is 7.36. The average molecular weight is 250 g/mol. The van der Waals surface area contributed by atoms with Crippen LogP contribution >= 0.6 is 0 Å². The van der Waals surface area contributed by atoms with Crippen LogP contribution in [0.15, 0.2) is 0 Å². The summed E-state index contributed by atoms with van der Waals surface area (Å²) in [6, 6.07) is 1.38. The fourth-order valence-electron chi connectivity index (χ4n) is 4.76. The molecule has 0 aromatic heterocycles. The van der Waals surface area contributed by atoms with E-state index in [9.17, 15) is 0 Å². The van der Waals surface area contributed by atoms with Crippen LogP contribution in [-0.2, 0) is 0 Å².